The van der Waals surface area contributed by atoms with Crippen LogP contribution in [-0.2, 0) is 20.9 Å². The van der Waals surface area contributed by atoms with Gasteiger partial charge in [-0.2, -0.15) is 0 Å². The maximum absolute atomic E-state index is 13.3. The van der Waals surface area contributed by atoms with Gasteiger partial charge in [-0.15, -0.1) is 10.2 Å². The number of aromatic nitrogens is 1. The molecule has 0 bridgehead atoms. The van der Waals surface area contributed by atoms with Gasteiger partial charge in [-0.25, -0.2) is 0 Å². The van der Waals surface area contributed by atoms with Crippen LogP contribution in [0.2, 0.25) is 0 Å². The monoisotopic (exact) mass is 540 g/mol. The zero-order valence-electron chi connectivity index (χ0n) is 21.4. The fourth-order valence-electron chi connectivity index (χ4n) is 4.12. The van der Waals surface area contributed by atoms with E-state index >= 15 is 0 Å². The summed E-state index contributed by atoms with van der Waals surface area (Å²) in [6, 6.07) is 20.3. The lowest BCUT2D eigenvalue weighted by Crippen LogP contribution is -2.26. The van der Waals surface area contributed by atoms with Gasteiger partial charge in [-0.3, -0.25) is 19.0 Å². The van der Waals surface area contributed by atoms with E-state index in [9.17, 15) is 19.5 Å². The molecular weight excluding hydrogens is 516 g/mol. The molecule has 0 radical (unpaired) electrons. The second kappa shape index (κ2) is 11.5. The van der Waals surface area contributed by atoms with Gasteiger partial charge < -0.3 is 24.6 Å². The van der Waals surface area contributed by atoms with Gasteiger partial charge in [-0.1, -0.05) is 42.5 Å². The van der Waals surface area contributed by atoms with Crippen molar-refractivity contribution in [2.75, 3.05) is 13.4 Å². The van der Waals surface area contributed by atoms with E-state index in [1.165, 1.54) is 10.6 Å². The van der Waals surface area contributed by atoms with E-state index in [2.05, 4.69) is 15.5 Å². The zero-order valence-corrected chi connectivity index (χ0v) is 21.4. The summed E-state index contributed by atoms with van der Waals surface area (Å²) in [5.74, 6) is -1.24. The highest BCUT2D eigenvalue weighted by Crippen LogP contribution is 2.39. The van der Waals surface area contributed by atoms with Crippen LogP contribution in [0.5, 0.6) is 17.4 Å². The van der Waals surface area contributed by atoms with Crippen LogP contribution >= 0.6 is 0 Å². The molecule has 40 heavy (non-hydrogen) atoms. The molecule has 202 valence electrons. The summed E-state index contributed by atoms with van der Waals surface area (Å²) < 4.78 is 17.1. The summed E-state index contributed by atoms with van der Waals surface area (Å²) in [4.78, 5) is 38.3. The van der Waals surface area contributed by atoms with Crippen molar-refractivity contribution in [2.45, 2.75) is 13.5 Å². The molecule has 0 fully saturated rings. The molecule has 0 saturated heterocycles. The predicted octanol–water partition coefficient (Wildman–Crippen LogP) is 4.72. The summed E-state index contributed by atoms with van der Waals surface area (Å²) in [5, 5.41) is 21.8. The number of esters is 1. The lowest BCUT2D eigenvalue weighted by Gasteiger charge is -2.07. The Morgan fingerprint density at radius 1 is 1.02 bits per heavy atom. The molecule has 4 aromatic rings. The predicted molar refractivity (Wildman–Crippen MR) is 144 cm³/mol. The van der Waals surface area contributed by atoms with Crippen LogP contribution in [0.3, 0.4) is 0 Å². The Balaban J connectivity index is 1.49. The molecule has 2 heterocycles. The summed E-state index contributed by atoms with van der Waals surface area (Å²) in [6.07, 6.45) is 1.44. The minimum Gasteiger partial charge on any atom is -0.493 e. The van der Waals surface area contributed by atoms with E-state index in [4.69, 9.17) is 14.2 Å². The molecule has 1 aliphatic heterocycles. The number of hydrogen-bond donors (Lipinski definition) is 2. The van der Waals surface area contributed by atoms with Gasteiger partial charge >= 0.3 is 11.9 Å². The van der Waals surface area contributed by atoms with Crippen molar-refractivity contribution < 1.29 is 33.7 Å². The number of carbonyl (C=O) groups excluding carboxylic acids is 3. The quantitative estimate of drug-likeness (QED) is 0.187. The van der Waals surface area contributed by atoms with Crippen LogP contribution in [0.1, 0.15) is 22.8 Å². The van der Waals surface area contributed by atoms with E-state index < -0.39 is 17.8 Å². The SMILES string of the molecule is CCOC(=O)Cn1c(O)c(N=NC(=O)/C(=C/c2ccc3c(c2)OCO3)NC(=O)c2ccccc2)c2ccccc21. The van der Waals surface area contributed by atoms with E-state index in [0.717, 1.165) is 0 Å². The first kappa shape index (κ1) is 26.2. The lowest BCUT2D eigenvalue weighted by molar-refractivity contribution is -0.143. The minimum atomic E-state index is -0.872. The third kappa shape index (κ3) is 5.53. The molecule has 0 spiro atoms. The lowest BCUT2D eigenvalue weighted by atomic mass is 10.1. The Morgan fingerprint density at radius 3 is 2.58 bits per heavy atom. The van der Waals surface area contributed by atoms with Crippen molar-refractivity contribution in [2.24, 2.45) is 10.2 Å². The number of azo groups is 1. The number of ether oxygens (including phenoxy) is 3. The molecular formula is C29H24N4O7. The van der Waals surface area contributed by atoms with Crippen molar-refractivity contribution in [1.29, 1.82) is 0 Å². The van der Waals surface area contributed by atoms with Crippen LogP contribution in [0.25, 0.3) is 17.0 Å². The number of carbonyl (C=O) groups is 3. The van der Waals surface area contributed by atoms with Crippen LogP contribution < -0.4 is 14.8 Å². The van der Waals surface area contributed by atoms with Gasteiger partial charge in [0.1, 0.15) is 12.2 Å². The van der Waals surface area contributed by atoms with Crippen molar-refractivity contribution in [3.8, 4) is 17.4 Å². The minimum absolute atomic E-state index is 0.00920. The van der Waals surface area contributed by atoms with Crippen molar-refractivity contribution >= 4 is 40.4 Å². The van der Waals surface area contributed by atoms with E-state index in [1.807, 2.05) is 0 Å². The molecule has 1 aliphatic rings. The van der Waals surface area contributed by atoms with Crippen LogP contribution in [0.4, 0.5) is 5.69 Å². The molecule has 11 nitrogen and oxygen atoms in total. The summed E-state index contributed by atoms with van der Waals surface area (Å²) in [5.41, 5.74) is 1.22. The van der Waals surface area contributed by atoms with Gasteiger partial charge in [0.05, 0.1) is 12.1 Å². The number of fused-ring (bicyclic) bond motifs is 2. The fourth-order valence-corrected chi connectivity index (χ4v) is 4.12. The largest absolute Gasteiger partial charge is 0.493 e. The summed E-state index contributed by atoms with van der Waals surface area (Å²) in [7, 11) is 0. The normalized spacial score (nSPS) is 12.6. The van der Waals surface area contributed by atoms with Gasteiger partial charge in [0.2, 0.25) is 12.7 Å². The second-order valence-corrected chi connectivity index (χ2v) is 8.58. The van der Waals surface area contributed by atoms with Gasteiger partial charge in [0.15, 0.2) is 17.2 Å². The molecule has 0 unspecified atom stereocenters. The van der Waals surface area contributed by atoms with E-state index in [0.29, 0.717) is 33.5 Å². The first-order valence-electron chi connectivity index (χ1n) is 12.3. The maximum Gasteiger partial charge on any atom is 0.326 e. The van der Waals surface area contributed by atoms with E-state index in [1.54, 1.807) is 79.7 Å². The van der Waals surface area contributed by atoms with Gasteiger partial charge in [-0.05, 0) is 48.9 Å². The number of hydrogen-bond acceptors (Lipinski definition) is 8. The Labute approximate surface area is 228 Å². The molecule has 0 saturated carbocycles. The third-order valence-electron chi connectivity index (χ3n) is 5.97. The number of nitrogens with one attached hydrogen (secondary N) is 1. The molecule has 3 aromatic carbocycles. The van der Waals surface area contributed by atoms with E-state index in [-0.39, 0.29) is 37.2 Å². The Kier molecular flexibility index (Phi) is 7.54. The third-order valence-corrected chi connectivity index (χ3v) is 5.97. The van der Waals surface area contributed by atoms with Crippen molar-refractivity contribution in [3.05, 3.63) is 89.6 Å². The molecule has 2 N–H and O–H groups in total. The molecule has 5 rings (SSSR count). The zero-order chi connectivity index (χ0) is 28.1. The topological polar surface area (TPSA) is 141 Å². The Morgan fingerprint density at radius 2 is 1.77 bits per heavy atom. The molecule has 0 atom stereocenters. The number of amides is 2. The summed E-state index contributed by atoms with van der Waals surface area (Å²) in [6.45, 7) is 1.70. The summed E-state index contributed by atoms with van der Waals surface area (Å²) >= 11 is 0. The van der Waals surface area contributed by atoms with Gasteiger partial charge in [0, 0.05) is 10.9 Å². The van der Waals surface area contributed by atoms with Crippen LogP contribution in [-0.4, -0.2) is 40.9 Å². The molecule has 11 heteroatoms. The first-order valence-corrected chi connectivity index (χ1v) is 12.3. The van der Waals surface area contributed by atoms with Gasteiger partial charge in [0.25, 0.3) is 5.91 Å². The molecule has 1 aromatic heterocycles. The Bertz CT molecular complexity index is 1660. The second-order valence-electron chi connectivity index (χ2n) is 8.58. The average molecular weight is 541 g/mol. The van der Waals surface area contributed by atoms with Crippen molar-refractivity contribution in [1.82, 2.24) is 9.88 Å². The average Bonchev–Trinajstić information content (AvgIpc) is 3.54. The number of benzene rings is 3. The standard InChI is InChI=1S/C29H24N4O7/c1-2-38-25(34)16-33-22-11-7-6-10-20(22)26(29(33)37)31-32-28(36)21(30-27(35)19-8-4-3-5-9-19)14-18-12-13-23-24(15-18)40-17-39-23/h3-15,37H,2,16-17H2,1H3,(H,30,35)/b21-14-,32-31?. The first-order chi connectivity index (χ1) is 19.4. The fraction of sp³-hybridized carbons (Fsp3) is 0.138. The van der Waals surface area contributed by atoms with Crippen molar-refractivity contribution in [3.63, 3.8) is 0 Å². The maximum atomic E-state index is 13.3. The number of nitrogens with zero attached hydrogens (tertiary/aromatic N) is 3. The highest BCUT2D eigenvalue weighted by Gasteiger charge is 2.21. The number of rotatable bonds is 8. The smallest absolute Gasteiger partial charge is 0.326 e. The number of aromatic hydroxyl groups is 1. The highest BCUT2D eigenvalue weighted by atomic mass is 16.7. The molecule has 2 amide bonds. The van der Waals surface area contributed by atoms with Crippen LogP contribution in [0, 0.1) is 0 Å². The molecule has 0 aliphatic carbocycles. The Hall–Kier alpha value is -5.45. The van der Waals surface area contributed by atoms with Crippen LogP contribution in [0.15, 0.2) is 88.7 Å². The highest BCUT2D eigenvalue weighted by molar-refractivity contribution is 6.06. The number of para-hydroxylation sites is 1.